The average molecular weight is 427 g/mol. The Kier molecular flexibility index (Phi) is 8.74. The van der Waals surface area contributed by atoms with Crippen molar-refractivity contribution in [2.45, 2.75) is 19.3 Å². The summed E-state index contributed by atoms with van der Waals surface area (Å²) in [6, 6.07) is 14.6. The van der Waals surface area contributed by atoms with Crippen molar-refractivity contribution in [3.8, 4) is 0 Å². The monoisotopic (exact) mass is 426 g/mol. The van der Waals surface area contributed by atoms with Crippen LogP contribution < -0.4 is 11.1 Å². The van der Waals surface area contributed by atoms with E-state index in [-0.39, 0.29) is 5.70 Å². The van der Waals surface area contributed by atoms with E-state index >= 15 is 0 Å². The SMILES string of the molecule is C=N/C(C(N)=O)=C(/CCCCN1CCOCC1)SCNc1ccc2ccccc2c1. The Hall–Kier alpha value is -2.35. The van der Waals surface area contributed by atoms with Gasteiger partial charge in [0, 0.05) is 23.7 Å². The highest BCUT2D eigenvalue weighted by atomic mass is 32.2. The molecular formula is C23H30N4O2S. The van der Waals surface area contributed by atoms with E-state index in [9.17, 15) is 4.79 Å². The number of carbonyl (C=O) groups excluding carboxylic acids is 1. The second-order valence-corrected chi connectivity index (χ2v) is 8.30. The minimum atomic E-state index is -0.522. The molecule has 0 spiro atoms. The maximum atomic E-state index is 11.8. The number of allylic oxidation sites excluding steroid dienone is 1. The van der Waals surface area contributed by atoms with Gasteiger partial charge in [0.25, 0.3) is 5.91 Å². The van der Waals surface area contributed by atoms with Crippen LogP contribution in [0.2, 0.25) is 0 Å². The van der Waals surface area contributed by atoms with Gasteiger partial charge in [-0.1, -0.05) is 30.3 Å². The quantitative estimate of drug-likeness (QED) is 0.247. The van der Waals surface area contributed by atoms with E-state index < -0.39 is 5.91 Å². The molecule has 2 aromatic rings. The van der Waals surface area contributed by atoms with Gasteiger partial charge in [-0.2, -0.15) is 0 Å². The van der Waals surface area contributed by atoms with Crippen LogP contribution in [-0.2, 0) is 9.53 Å². The lowest BCUT2D eigenvalue weighted by atomic mass is 10.1. The van der Waals surface area contributed by atoms with E-state index in [0.29, 0.717) is 5.88 Å². The molecule has 0 saturated carbocycles. The summed E-state index contributed by atoms with van der Waals surface area (Å²) >= 11 is 1.57. The van der Waals surface area contributed by atoms with Gasteiger partial charge in [-0.3, -0.25) is 14.7 Å². The van der Waals surface area contributed by atoms with Gasteiger partial charge in [0.1, 0.15) is 5.70 Å². The van der Waals surface area contributed by atoms with Crippen LogP contribution in [0.4, 0.5) is 5.69 Å². The largest absolute Gasteiger partial charge is 0.379 e. The molecule has 1 saturated heterocycles. The summed E-state index contributed by atoms with van der Waals surface area (Å²) < 4.78 is 5.39. The van der Waals surface area contributed by atoms with Crippen molar-refractivity contribution in [3.63, 3.8) is 0 Å². The van der Waals surface area contributed by atoms with Gasteiger partial charge in [0.05, 0.1) is 19.1 Å². The van der Waals surface area contributed by atoms with Gasteiger partial charge in [-0.05, 0) is 55.4 Å². The summed E-state index contributed by atoms with van der Waals surface area (Å²) in [7, 11) is 0. The number of thioether (sulfide) groups is 1. The van der Waals surface area contributed by atoms with Gasteiger partial charge in [-0.15, -0.1) is 11.8 Å². The number of hydrogen-bond donors (Lipinski definition) is 2. The minimum Gasteiger partial charge on any atom is -0.379 e. The van der Waals surface area contributed by atoms with Gasteiger partial charge < -0.3 is 15.8 Å². The second kappa shape index (κ2) is 11.7. The fourth-order valence-corrected chi connectivity index (χ4v) is 4.52. The second-order valence-electron chi connectivity index (χ2n) is 7.23. The van der Waals surface area contributed by atoms with Gasteiger partial charge in [0.2, 0.25) is 0 Å². The van der Waals surface area contributed by atoms with E-state index in [1.807, 2.05) is 12.1 Å². The molecule has 1 aliphatic heterocycles. The predicted molar refractivity (Wildman–Crippen MR) is 127 cm³/mol. The van der Waals surface area contributed by atoms with Crippen LogP contribution in [0.15, 0.2) is 58.1 Å². The maximum absolute atomic E-state index is 11.8. The molecule has 6 nitrogen and oxygen atoms in total. The molecule has 160 valence electrons. The van der Waals surface area contributed by atoms with E-state index in [1.165, 1.54) is 10.8 Å². The highest BCUT2D eigenvalue weighted by Crippen LogP contribution is 2.27. The minimum absolute atomic E-state index is 0.284. The molecule has 1 fully saturated rings. The number of fused-ring (bicyclic) bond motifs is 1. The molecule has 7 heteroatoms. The number of aliphatic imine (C=N–C) groups is 1. The third-order valence-corrected chi connectivity index (χ3v) is 6.19. The molecule has 0 aromatic heterocycles. The van der Waals surface area contributed by atoms with E-state index in [1.54, 1.807) is 11.8 Å². The smallest absolute Gasteiger partial charge is 0.268 e. The molecule has 0 atom stereocenters. The number of ether oxygens (including phenoxy) is 1. The molecule has 0 unspecified atom stereocenters. The number of rotatable bonds is 11. The number of unbranched alkanes of at least 4 members (excludes halogenated alkanes) is 1. The van der Waals surface area contributed by atoms with Crippen LogP contribution in [0.25, 0.3) is 10.8 Å². The Morgan fingerprint density at radius 1 is 1.17 bits per heavy atom. The normalized spacial score (nSPS) is 15.6. The Bertz CT molecular complexity index is 894. The van der Waals surface area contributed by atoms with Crippen molar-refractivity contribution in [3.05, 3.63) is 53.1 Å². The fraction of sp³-hybridized carbons (Fsp3) is 0.391. The van der Waals surface area contributed by atoms with Crippen LogP contribution >= 0.6 is 11.8 Å². The zero-order valence-corrected chi connectivity index (χ0v) is 18.1. The maximum Gasteiger partial charge on any atom is 0.268 e. The Morgan fingerprint density at radius 3 is 2.67 bits per heavy atom. The number of carbonyl (C=O) groups is 1. The highest BCUT2D eigenvalue weighted by molar-refractivity contribution is 8.03. The third-order valence-electron chi connectivity index (χ3n) is 5.16. The number of primary amides is 1. The highest BCUT2D eigenvalue weighted by Gasteiger charge is 2.13. The fourth-order valence-electron chi connectivity index (χ4n) is 3.51. The van der Waals surface area contributed by atoms with Crippen LogP contribution in [0.1, 0.15) is 19.3 Å². The zero-order valence-electron chi connectivity index (χ0n) is 17.3. The molecule has 0 aliphatic carbocycles. The summed E-state index contributed by atoms with van der Waals surface area (Å²) in [6.45, 7) is 8.20. The van der Waals surface area contributed by atoms with E-state index in [0.717, 1.165) is 62.7 Å². The number of nitrogens with one attached hydrogen (secondary N) is 1. The zero-order chi connectivity index (χ0) is 21.2. The standard InChI is InChI=1S/C23H30N4O2S/c1-25-22(23(24)28)21(8-4-5-11-27-12-14-29-15-13-27)30-17-26-20-10-9-18-6-2-3-7-19(18)16-20/h2-3,6-7,9-10,16,26H,1,4-5,8,11-15,17H2,(H2,24,28)/b22-21-. The molecule has 0 bridgehead atoms. The van der Waals surface area contributed by atoms with E-state index in [2.05, 4.69) is 52.3 Å². The van der Waals surface area contributed by atoms with Gasteiger partial charge in [0.15, 0.2) is 0 Å². The van der Waals surface area contributed by atoms with Gasteiger partial charge >= 0.3 is 0 Å². The van der Waals surface area contributed by atoms with Crippen LogP contribution in [-0.4, -0.2) is 56.2 Å². The van der Waals surface area contributed by atoms with E-state index in [4.69, 9.17) is 10.5 Å². The Morgan fingerprint density at radius 2 is 1.93 bits per heavy atom. The molecule has 0 radical (unpaired) electrons. The predicted octanol–water partition coefficient (Wildman–Crippen LogP) is 3.84. The van der Waals surface area contributed by atoms with Crippen LogP contribution in [0, 0.1) is 0 Å². The molecule has 1 aliphatic rings. The topological polar surface area (TPSA) is 80.0 Å². The lowest BCUT2D eigenvalue weighted by Crippen LogP contribution is -2.36. The molecular weight excluding hydrogens is 396 g/mol. The first-order valence-electron chi connectivity index (χ1n) is 10.3. The number of amides is 1. The van der Waals surface area contributed by atoms with Crippen molar-refractivity contribution < 1.29 is 9.53 Å². The van der Waals surface area contributed by atoms with Crippen LogP contribution in [0.5, 0.6) is 0 Å². The number of benzene rings is 2. The molecule has 3 rings (SSSR count). The van der Waals surface area contributed by atoms with Crippen molar-refractivity contribution in [1.82, 2.24) is 4.90 Å². The number of nitrogens with two attached hydrogens (primary N) is 1. The first-order valence-corrected chi connectivity index (χ1v) is 11.3. The average Bonchev–Trinajstić information content (AvgIpc) is 2.77. The number of hydrogen-bond acceptors (Lipinski definition) is 6. The summed E-state index contributed by atoms with van der Waals surface area (Å²) in [6.07, 6.45) is 2.80. The Balaban J connectivity index is 1.53. The van der Waals surface area contributed by atoms with Gasteiger partial charge in [-0.25, -0.2) is 0 Å². The van der Waals surface area contributed by atoms with Crippen molar-refractivity contribution in [1.29, 1.82) is 0 Å². The number of anilines is 1. The van der Waals surface area contributed by atoms with Crippen molar-refractivity contribution in [2.75, 3.05) is 44.0 Å². The third kappa shape index (κ3) is 6.58. The number of nitrogens with zero attached hydrogens (tertiary/aromatic N) is 2. The van der Waals surface area contributed by atoms with Crippen molar-refractivity contribution >= 4 is 40.8 Å². The molecule has 1 amide bonds. The van der Waals surface area contributed by atoms with Crippen molar-refractivity contribution in [2.24, 2.45) is 10.7 Å². The molecule has 1 heterocycles. The first kappa shape index (κ1) is 22.3. The van der Waals surface area contributed by atoms with Crippen LogP contribution in [0.3, 0.4) is 0 Å². The lowest BCUT2D eigenvalue weighted by Gasteiger charge is -2.26. The summed E-state index contributed by atoms with van der Waals surface area (Å²) in [5.41, 5.74) is 6.85. The lowest BCUT2D eigenvalue weighted by molar-refractivity contribution is -0.114. The molecule has 30 heavy (non-hydrogen) atoms. The molecule has 3 N–H and O–H groups in total. The summed E-state index contributed by atoms with van der Waals surface area (Å²) in [5.74, 6) is 0.107. The molecule has 2 aromatic carbocycles. The summed E-state index contributed by atoms with van der Waals surface area (Å²) in [4.78, 5) is 19.0. The Labute approximate surface area is 182 Å². The summed E-state index contributed by atoms with van der Waals surface area (Å²) in [5, 5.41) is 5.82. The first-order chi connectivity index (χ1) is 14.7. The number of morpholine rings is 1.